The Bertz CT molecular complexity index is 624. The number of thiazole rings is 1. The first-order valence-electron chi connectivity index (χ1n) is 6.89. The maximum atomic E-state index is 12.3. The van der Waals surface area contributed by atoms with Gasteiger partial charge in [-0.15, -0.1) is 11.3 Å². The van der Waals surface area contributed by atoms with Crippen molar-refractivity contribution in [2.75, 3.05) is 0 Å². The Morgan fingerprint density at radius 3 is 2.81 bits per heavy atom. The number of nitrogens with zero attached hydrogens (tertiary/aromatic N) is 2. The van der Waals surface area contributed by atoms with Crippen LogP contribution < -0.4 is 11.1 Å². The largest absolute Gasteiger partial charge is 0.342 e. The molecular formula is C15H20N4OS. The summed E-state index contributed by atoms with van der Waals surface area (Å²) < 4.78 is 0. The molecule has 1 unspecified atom stereocenters. The Balaban J connectivity index is 2.21. The van der Waals surface area contributed by atoms with Gasteiger partial charge in [0, 0.05) is 18.1 Å². The third-order valence-corrected chi connectivity index (χ3v) is 4.13. The molecule has 0 spiro atoms. The van der Waals surface area contributed by atoms with E-state index in [4.69, 9.17) is 5.73 Å². The van der Waals surface area contributed by atoms with Crippen molar-refractivity contribution in [1.82, 2.24) is 15.3 Å². The van der Waals surface area contributed by atoms with Crippen molar-refractivity contribution >= 4 is 17.2 Å². The number of pyridine rings is 1. The van der Waals surface area contributed by atoms with Crippen molar-refractivity contribution in [3.05, 3.63) is 45.7 Å². The summed E-state index contributed by atoms with van der Waals surface area (Å²) in [5.74, 6) is 0.0462. The number of nitrogens with one attached hydrogen (secondary N) is 1. The van der Waals surface area contributed by atoms with E-state index >= 15 is 0 Å². The average Bonchev–Trinajstić information content (AvgIpc) is 2.94. The summed E-state index contributed by atoms with van der Waals surface area (Å²) in [6, 6.07) is 3.76. The molecule has 1 amide bonds. The standard InChI is InChI=1S/C15H20N4OS/c1-9(2)13(14-10(3)5-4-6-17-14)19-15(20)11-8-21-12(7-16)18-11/h4-6,8-9,13H,7,16H2,1-3H3,(H,19,20). The van der Waals surface area contributed by atoms with Crippen LogP contribution >= 0.6 is 11.3 Å². The van der Waals surface area contributed by atoms with Crippen LogP contribution in [0.1, 0.15) is 46.6 Å². The van der Waals surface area contributed by atoms with Crippen LogP contribution in [0.4, 0.5) is 0 Å². The number of amides is 1. The maximum Gasteiger partial charge on any atom is 0.271 e. The highest BCUT2D eigenvalue weighted by molar-refractivity contribution is 7.09. The predicted octanol–water partition coefficient (Wildman–Crippen LogP) is 2.43. The van der Waals surface area contributed by atoms with Crippen LogP contribution in [-0.2, 0) is 6.54 Å². The third kappa shape index (κ3) is 3.65. The zero-order valence-electron chi connectivity index (χ0n) is 12.5. The van der Waals surface area contributed by atoms with E-state index in [9.17, 15) is 4.79 Å². The lowest BCUT2D eigenvalue weighted by molar-refractivity contribution is 0.0919. The van der Waals surface area contributed by atoms with Gasteiger partial charge in [-0.05, 0) is 24.5 Å². The molecule has 2 heterocycles. The van der Waals surface area contributed by atoms with Crippen LogP contribution in [0.5, 0.6) is 0 Å². The smallest absolute Gasteiger partial charge is 0.271 e. The molecule has 5 nitrogen and oxygen atoms in total. The lowest BCUT2D eigenvalue weighted by Gasteiger charge is -2.23. The predicted molar refractivity (Wildman–Crippen MR) is 84.0 cm³/mol. The number of nitrogens with two attached hydrogens (primary N) is 1. The Morgan fingerprint density at radius 2 is 2.24 bits per heavy atom. The van der Waals surface area contributed by atoms with Gasteiger partial charge < -0.3 is 11.1 Å². The zero-order chi connectivity index (χ0) is 15.4. The molecule has 2 aromatic rings. The number of hydrogen-bond acceptors (Lipinski definition) is 5. The molecule has 0 radical (unpaired) electrons. The molecule has 2 rings (SSSR count). The maximum absolute atomic E-state index is 12.3. The van der Waals surface area contributed by atoms with Crippen molar-refractivity contribution in [3.8, 4) is 0 Å². The Labute approximate surface area is 128 Å². The van der Waals surface area contributed by atoms with E-state index in [1.54, 1.807) is 11.6 Å². The number of aromatic nitrogens is 2. The second-order valence-corrected chi connectivity index (χ2v) is 6.17. The van der Waals surface area contributed by atoms with Crippen LogP contribution in [0.25, 0.3) is 0 Å². The van der Waals surface area contributed by atoms with Crippen LogP contribution in [-0.4, -0.2) is 15.9 Å². The molecular weight excluding hydrogens is 284 g/mol. The number of rotatable bonds is 5. The van der Waals surface area contributed by atoms with Crippen LogP contribution in [0.15, 0.2) is 23.7 Å². The summed E-state index contributed by atoms with van der Waals surface area (Å²) in [5.41, 5.74) is 7.91. The SMILES string of the molecule is Cc1cccnc1C(NC(=O)c1csc(CN)n1)C(C)C. The van der Waals surface area contributed by atoms with Gasteiger partial charge in [0.1, 0.15) is 10.7 Å². The van der Waals surface area contributed by atoms with Crippen molar-refractivity contribution in [2.45, 2.75) is 33.4 Å². The molecule has 0 aliphatic carbocycles. The molecule has 0 saturated heterocycles. The number of carbonyl (C=O) groups is 1. The minimum atomic E-state index is -0.185. The molecule has 112 valence electrons. The van der Waals surface area contributed by atoms with Crippen molar-refractivity contribution < 1.29 is 4.79 Å². The molecule has 0 bridgehead atoms. The van der Waals surface area contributed by atoms with E-state index in [-0.39, 0.29) is 17.9 Å². The van der Waals surface area contributed by atoms with Crippen LogP contribution in [0.2, 0.25) is 0 Å². The lowest BCUT2D eigenvalue weighted by atomic mass is 9.97. The van der Waals surface area contributed by atoms with E-state index in [0.29, 0.717) is 12.2 Å². The van der Waals surface area contributed by atoms with Gasteiger partial charge in [-0.3, -0.25) is 9.78 Å². The Morgan fingerprint density at radius 1 is 1.48 bits per heavy atom. The van der Waals surface area contributed by atoms with Crippen molar-refractivity contribution in [3.63, 3.8) is 0 Å². The number of hydrogen-bond donors (Lipinski definition) is 2. The fourth-order valence-corrected chi connectivity index (χ4v) is 2.75. The summed E-state index contributed by atoms with van der Waals surface area (Å²) in [5, 5.41) is 5.53. The van der Waals surface area contributed by atoms with Gasteiger partial charge in [-0.25, -0.2) is 4.98 Å². The molecule has 0 aliphatic heterocycles. The second kappa shape index (κ2) is 6.78. The molecule has 2 aromatic heterocycles. The minimum absolute atomic E-state index is 0.137. The quantitative estimate of drug-likeness (QED) is 0.889. The lowest BCUT2D eigenvalue weighted by Crippen LogP contribution is -2.33. The topological polar surface area (TPSA) is 80.9 Å². The molecule has 0 fully saturated rings. The molecule has 1 atom stereocenters. The van der Waals surface area contributed by atoms with Gasteiger partial charge in [-0.1, -0.05) is 19.9 Å². The fraction of sp³-hybridized carbons (Fsp3) is 0.400. The normalized spacial score (nSPS) is 12.4. The van der Waals surface area contributed by atoms with E-state index in [0.717, 1.165) is 16.3 Å². The molecule has 0 saturated carbocycles. The third-order valence-electron chi connectivity index (χ3n) is 3.26. The van der Waals surface area contributed by atoms with Gasteiger partial charge >= 0.3 is 0 Å². The highest BCUT2D eigenvalue weighted by Gasteiger charge is 2.22. The summed E-state index contributed by atoms with van der Waals surface area (Å²) in [4.78, 5) is 21.0. The Hall–Kier alpha value is -1.79. The fourth-order valence-electron chi connectivity index (χ4n) is 2.10. The number of aryl methyl sites for hydroxylation is 1. The summed E-state index contributed by atoms with van der Waals surface area (Å²) in [7, 11) is 0. The first kappa shape index (κ1) is 15.6. The van der Waals surface area contributed by atoms with Gasteiger partial charge in [0.15, 0.2) is 0 Å². The first-order valence-corrected chi connectivity index (χ1v) is 7.77. The summed E-state index contributed by atoms with van der Waals surface area (Å²) in [6.07, 6.45) is 1.75. The van der Waals surface area contributed by atoms with Crippen LogP contribution in [0.3, 0.4) is 0 Å². The molecule has 3 N–H and O–H groups in total. The summed E-state index contributed by atoms with van der Waals surface area (Å²) in [6.45, 7) is 6.47. The molecule has 21 heavy (non-hydrogen) atoms. The highest BCUT2D eigenvalue weighted by Crippen LogP contribution is 2.23. The van der Waals surface area contributed by atoms with Crippen LogP contribution in [0, 0.1) is 12.8 Å². The van der Waals surface area contributed by atoms with Gasteiger partial charge in [0.25, 0.3) is 5.91 Å². The van der Waals surface area contributed by atoms with E-state index in [1.807, 2.05) is 19.1 Å². The van der Waals surface area contributed by atoms with E-state index in [2.05, 4.69) is 29.1 Å². The minimum Gasteiger partial charge on any atom is -0.342 e. The van der Waals surface area contributed by atoms with E-state index in [1.165, 1.54) is 11.3 Å². The molecule has 6 heteroatoms. The molecule has 0 aliphatic rings. The average molecular weight is 304 g/mol. The molecule has 0 aromatic carbocycles. The zero-order valence-corrected chi connectivity index (χ0v) is 13.3. The monoisotopic (exact) mass is 304 g/mol. The summed E-state index contributed by atoms with van der Waals surface area (Å²) >= 11 is 1.40. The van der Waals surface area contributed by atoms with Gasteiger partial charge in [0.2, 0.25) is 0 Å². The van der Waals surface area contributed by atoms with E-state index < -0.39 is 0 Å². The van der Waals surface area contributed by atoms with Crippen molar-refractivity contribution in [2.24, 2.45) is 11.7 Å². The first-order chi connectivity index (χ1) is 10.0. The Kier molecular flexibility index (Phi) is 5.03. The number of carbonyl (C=O) groups excluding carboxylic acids is 1. The van der Waals surface area contributed by atoms with Gasteiger partial charge in [-0.2, -0.15) is 0 Å². The van der Waals surface area contributed by atoms with Gasteiger partial charge in [0.05, 0.1) is 11.7 Å². The second-order valence-electron chi connectivity index (χ2n) is 5.23. The van der Waals surface area contributed by atoms with Crippen molar-refractivity contribution in [1.29, 1.82) is 0 Å². The highest BCUT2D eigenvalue weighted by atomic mass is 32.1.